The third-order valence-electron chi connectivity index (χ3n) is 3.16. The van der Waals surface area contributed by atoms with Gasteiger partial charge < -0.3 is 4.74 Å². The molecule has 2 aromatic carbocycles. The van der Waals surface area contributed by atoms with Crippen LogP contribution in [-0.4, -0.2) is 18.2 Å². The third kappa shape index (κ3) is 2.52. The molecular weight excluding hydrogens is 299 g/mol. The number of nitrogens with one attached hydrogen (secondary N) is 1. The molecule has 22 heavy (non-hydrogen) atoms. The number of benzene rings is 2. The molecule has 1 N–H and O–H groups in total. The molecule has 1 heterocycles. The molecule has 7 heteroatoms. The highest BCUT2D eigenvalue weighted by Gasteiger charge is 2.31. The van der Waals surface area contributed by atoms with Crippen LogP contribution in [0.4, 0.5) is 13.2 Å². The summed E-state index contributed by atoms with van der Waals surface area (Å²) < 4.78 is 40.2. The van der Waals surface area contributed by atoms with Crippen molar-refractivity contribution in [3.63, 3.8) is 0 Å². The van der Waals surface area contributed by atoms with Gasteiger partial charge in [-0.2, -0.15) is 0 Å². The van der Waals surface area contributed by atoms with Crippen LogP contribution in [0.15, 0.2) is 42.5 Å². The van der Waals surface area contributed by atoms with E-state index in [9.17, 15) is 22.8 Å². The van der Waals surface area contributed by atoms with E-state index in [0.717, 1.165) is 12.1 Å². The number of halogens is 3. The van der Waals surface area contributed by atoms with E-state index in [1.807, 2.05) is 0 Å². The average Bonchev–Trinajstić information content (AvgIpc) is 2.73. The molecule has 0 bridgehead atoms. The molecule has 0 spiro atoms. The van der Waals surface area contributed by atoms with Gasteiger partial charge in [0, 0.05) is 0 Å². The Balaban J connectivity index is 2.00. The Kier molecular flexibility index (Phi) is 3.13. The first-order valence-electron chi connectivity index (χ1n) is 6.20. The molecule has 0 atom stereocenters. The lowest BCUT2D eigenvalue weighted by Crippen LogP contribution is -2.20. The third-order valence-corrected chi connectivity index (χ3v) is 3.16. The average molecular weight is 307 g/mol. The Morgan fingerprint density at radius 1 is 0.864 bits per heavy atom. The maximum atomic E-state index is 12.1. The van der Waals surface area contributed by atoms with Crippen molar-refractivity contribution in [1.82, 2.24) is 5.32 Å². The lowest BCUT2D eigenvalue weighted by atomic mass is 9.96. The number of ether oxygens (including phenoxy) is 1. The SMILES string of the molecule is O=C1NC(=O)c2c1cccc2-c1ccc(OC(F)(F)F)cc1. The zero-order chi connectivity index (χ0) is 15.9. The minimum absolute atomic E-state index is 0.219. The number of amides is 2. The van der Waals surface area contributed by atoms with Crippen LogP contribution in [-0.2, 0) is 0 Å². The Morgan fingerprint density at radius 3 is 2.14 bits per heavy atom. The van der Waals surface area contributed by atoms with Crippen LogP contribution >= 0.6 is 0 Å². The van der Waals surface area contributed by atoms with E-state index in [4.69, 9.17) is 0 Å². The summed E-state index contributed by atoms with van der Waals surface area (Å²) in [7, 11) is 0. The van der Waals surface area contributed by atoms with Gasteiger partial charge in [0.25, 0.3) is 11.8 Å². The molecule has 0 saturated heterocycles. The quantitative estimate of drug-likeness (QED) is 0.867. The van der Waals surface area contributed by atoms with E-state index in [2.05, 4.69) is 10.1 Å². The van der Waals surface area contributed by atoms with Crippen molar-refractivity contribution in [2.24, 2.45) is 0 Å². The fourth-order valence-corrected chi connectivity index (χ4v) is 2.30. The lowest BCUT2D eigenvalue weighted by molar-refractivity contribution is -0.274. The zero-order valence-electron chi connectivity index (χ0n) is 10.9. The first-order valence-corrected chi connectivity index (χ1v) is 6.20. The van der Waals surface area contributed by atoms with Crippen molar-refractivity contribution in [3.05, 3.63) is 53.6 Å². The van der Waals surface area contributed by atoms with Crippen LogP contribution in [0.2, 0.25) is 0 Å². The van der Waals surface area contributed by atoms with Crippen LogP contribution in [0, 0.1) is 0 Å². The number of carbonyl (C=O) groups is 2. The summed E-state index contributed by atoms with van der Waals surface area (Å²) >= 11 is 0. The van der Waals surface area contributed by atoms with Crippen molar-refractivity contribution >= 4 is 11.8 Å². The number of carbonyl (C=O) groups excluding carboxylic acids is 2. The van der Waals surface area contributed by atoms with Crippen molar-refractivity contribution in [2.75, 3.05) is 0 Å². The number of fused-ring (bicyclic) bond motifs is 1. The molecule has 3 rings (SSSR count). The van der Waals surface area contributed by atoms with Gasteiger partial charge in [0.2, 0.25) is 0 Å². The highest BCUT2D eigenvalue weighted by atomic mass is 19.4. The second-order valence-electron chi connectivity index (χ2n) is 4.58. The number of hydrogen-bond donors (Lipinski definition) is 1. The Hall–Kier alpha value is -2.83. The summed E-state index contributed by atoms with van der Waals surface area (Å²) in [5.41, 5.74) is 1.45. The lowest BCUT2D eigenvalue weighted by Gasteiger charge is -2.10. The van der Waals surface area contributed by atoms with Crippen molar-refractivity contribution in [1.29, 1.82) is 0 Å². The number of imide groups is 1. The van der Waals surface area contributed by atoms with E-state index in [1.54, 1.807) is 12.1 Å². The predicted molar refractivity (Wildman–Crippen MR) is 70.4 cm³/mol. The van der Waals surface area contributed by atoms with Crippen molar-refractivity contribution < 1.29 is 27.5 Å². The first-order chi connectivity index (χ1) is 10.3. The molecular formula is C15H8F3NO3. The summed E-state index contributed by atoms with van der Waals surface area (Å²) in [5.74, 6) is -1.37. The fraction of sp³-hybridized carbons (Fsp3) is 0.0667. The van der Waals surface area contributed by atoms with Gasteiger partial charge >= 0.3 is 6.36 Å². The predicted octanol–water partition coefficient (Wildman–Crippen LogP) is 3.14. The van der Waals surface area contributed by atoms with E-state index >= 15 is 0 Å². The summed E-state index contributed by atoms with van der Waals surface area (Å²) in [6.45, 7) is 0. The van der Waals surface area contributed by atoms with E-state index in [-0.39, 0.29) is 16.9 Å². The van der Waals surface area contributed by atoms with Crippen LogP contribution in [0.5, 0.6) is 5.75 Å². The Bertz CT molecular complexity index is 767. The molecule has 0 unspecified atom stereocenters. The Labute approximate surface area is 122 Å². The van der Waals surface area contributed by atoms with Gasteiger partial charge in [0.15, 0.2) is 0 Å². The second-order valence-corrected chi connectivity index (χ2v) is 4.58. The molecule has 0 fully saturated rings. The molecule has 2 amide bonds. The monoisotopic (exact) mass is 307 g/mol. The zero-order valence-corrected chi connectivity index (χ0v) is 10.9. The van der Waals surface area contributed by atoms with Gasteiger partial charge in [-0.25, -0.2) is 0 Å². The van der Waals surface area contributed by atoms with Crippen LogP contribution in [0.3, 0.4) is 0 Å². The molecule has 0 saturated carbocycles. The standard InChI is InChI=1S/C15H8F3NO3/c16-15(17,18)22-9-6-4-8(5-7-9)10-2-1-3-11-12(10)14(21)19-13(11)20/h1-7H,(H,19,20,21). The van der Waals surface area contributed by atoms with Crippen LogP contribution in [0.25, 0.3) is 11.1 Å². The molecule has 4 nitrogen and oxygen atoms in total. The van der Waals surface area contributed by atoms with Gasteiger partial charge in [-0.05, 0) is 29.3 Å². The first kappa shape index (κ1) is 14.1. The minimum atomic E-state index is -4.76. The van der Waals surface area contributed by atoms with Gasteiger partial charge in [0.1, 0.15) is 5.75 Å². The highest BCUT2D eigenvalue weighted by molar-refractivity contribution is 6.24. The van der Waals surface area contributed by atoms with Gasteiger partial charge in [-0.1, -0.05) is 24.3 Å². The maximum Gasteiger partial charge on any atom is 0.573 e. The molecule has 1 aliphatic rings. The summed E-state index contributed by atoms with van der Waals surface area (Å²) in [5, 5.41) is 2.18. The molecule has 112 valence electrons. The van der Waals surface area contributed by atoms with Gasteiger partial charge in [0.05, 0.1) is 11.1 Å². The fourth-order valence-electron chi connectivity index (χ4n) is 2.30. The van der Waals surface area contributed by atoms with E-state index < -0.39 is 18.2 Å². The summed E-state index contributed by atoms with van der Waals surface area (Å²) in [6, 6.07) is 9.83. The molecule has 0 aromatic heterocycles. The Morgan fingerprint density at radius 2 is 1.50 bits per heavy atom. The smallest absolute Gasteiger partial charge is 0.406 e. The molecule has 2 aromatic rings. The van der Waals surface area contributed by atoms with E-state index in [0.29, 0.717) is 11.1 Å². The summed E-state index contributed by atoms with van der Waals surface area (Å²) in [4.78, 5) is 23.4. The van der Waals surface area contributed by atoms with Crippen molar-refractivity contribution in [2.45, 2.75) is 6.36 Å². The number of rotatable bonds is 2. The normalized spacial score (nSPS) is 13.8. The maximum absolute atomic E-state index is 12.1. The number of hydrogen-bond acceptors (Lipinski definition) is 3. The molecule has 0 radical (unpaired) electrons. The highest BCUT2D eigenvalue weighted by Crippen LogP contribution is 2.31. The molecule has 0 aliphatic carbocycles. The minimum Gasteiger partial charge on any atom is -0.406 e. The number of alkyl halides is 3. The second kappa shape index (κ2) is 4.87. The van der Waals surface area contributed by atoms with Crippen molar-refractivity contribution in [3.8, 4) is 16.9 Å². The van der Waals surface area contributed by atoms with Gasteiger partial charge in [-0.15, -0.1) is 13.2 Å². The van der Waals surface area contributed by atoms with Crippen LogP contribution in [0.1, 0.15) is 20.7 Å². The molecule has 1 aliphatic heterocycles. The largest absolute Gasteiger partial charge is 0.573 e. The van der Waals surface area contributed by atoms with Gasteiger partial charge in [-0.3, -0.25) is 14.9 Å². The topological polar surface area (TPSA) is 55.4 Å². The summed E-state index contributed by atoms with van der Waals surface area (Å²) in [6.07, 6.45) is -4.76. The van der Waals surface area contributed by atoms with E-state index in [1.165, 1.54) is 18.2 Å². The van der Waals surface area contributed by atoms with Crippen LogP contribution < -0.4 is 10.1 Å².